The number of carbonyl (C=O) groups excluding carboxylic acids is 1. The van der Waals surface area contributed by atoms with E-state index < -0.39 is 11.5 Å². The van der Waals surface area contributed by atoms with Crippen molar-refractivity contribution in [2.75, 3.05) is 19.8 Å². The van der Waals surface area contributed by atoms with E-state index in [2.05, 4.69) is 5.32 Å². The Kier molecular flexibility index (Phi) is 4.97. The Bertz CT molecular complexity index is 663. The molecule has 2 N–H and O–H groups in total. The molecule has 2 heterocycles. The maximum absolute atomic E-state index is 13.3. The lowest BCUT2D eigenvalue weighted by Crippen LogP contribution is -2.49. The highest BCUT2D eigenvalue weighted by Gasteiger charge is 2.42. The van der Waals surface area contributed by atoms with Crippen molar-refractivity contribution in [2.45, 2.75) is 24.3 Å². The fourth-order valence-electron chi connectivity index (χ4n) is 3.13. The van der Waals surface area contributed by atoms with Crippen LogP contribution in [0.4, 0.5) is 4.39 Å². The van der Waals surface area contributed by atoms with Crippen LogP contribution >= 0.6 is 0 Å². The van der Waals surface area contributed by atoms with Gasteiger partial charge in [-0.2, -0.15) is 0 Å². The lowest BCUT2D eigenvalue weighted by Gasteiger charge is -2.37. The molecule has 1 unspecified atom stereocenters. The topological polar surface area (TPSA) is 71.7 Å². The number of aliphatic hydroxyl groups is 1. The van der Waals surface area contributed by atoms with Gasteiger partial charge in [-0.25, -0.2) is 4.39 Å². The van der Waals surface area contributed by atoms with Crippen molar-refractivity contribution < 1.29 is 23.4 Å². The highest BCUT2D eigenvalue weighted by molar-refractivity contribution is 5.88. The molecule has 1 amide bonds. The summed E-state index contributed by atoms with van der Waals surface area (Å²) >= 11 is 0. The summed E-state index contributed by atoms with van der Waals surface area (Å²) in [4.78, 5) is 13.1. The largest absolute Gasteiger partial charge is 0.467 e. The molecule has 1 fully saturated rings. The van der Waals surface area contributed by atoms with Crippen LogP contribution in [-0.2, 0) is 14.9 Å². The van der Waals surface area contributed by atoms with Gasteiger partial charge >= 0.3 is 0 Å². The van der Waals surface area contributed by atoms with Gasteiger partial charge < -0.3 is 19.6 Å². The first kappa shape index (κ1) is 16.7. The van der Waals surface area contributed by atoms with Gasteiger partial charge in [-0.15, -0.1) is 0 Å². The third kappa shape index (κ3) is 3.20. The zero-order valence-electron chi connectivity index (χ0n) is 13.2. The standard InChI is InChI=1S/C18H20FNO4/c19-14-5-3-13(4-6-14)18(7-10-23-11-8-18)17(22)20-15(12-21)16-2-1-9-24-16/h1-6,9,15,21H,7-8,10-12H2,(H,20,22). The Morgan fingerprint density at radius 3 is 2.54 bits per heavy atom. The molecule has 0 radical (unpaired) electrons. The Morgan fingerprint density at radius 1 is 1.25 bits per heavy atom. The van der Waals surface area contributed by atoms with Crippen LogP contribution < -0.4 is 5.32 Å². The predicted molar refractivity (Wildman–Crippen MR) is 84.8 cm³/mol. The summed E-state index contributed by atoms with van der Waals surface area (Å²) in [7, 11) is 0. The smallest absolute Gasteiger partial charge is 0.231 e. The van der Waals surface area contributed by atoms with Crippen molar-refractivity contribution >= 4 is 5.91 Å². The number of rotatable bonds is 5. The number of furan rings is 1. The molecule has 1 aliphatic rings. The molecule has 0 spiro atoms. The van der Waals surface area contributed by atoms with Crippen molar-refractivity contribution in [1.29, 1.82) is 0 Å². The summed E-state index contributed by atoms with van der Waals surface area (Å²) in [6, 6.07) is 8.78. The van der Waals surface area contributed by atoms with Crippen LogP contribution in [0.1, 0.15) is 30.2 Å². The Balaban J connectivity index is 1.88. The highest BCUT2D eigenvalue weighted by Crippen LogP contribution is 2.36. The van der Waals surface area contributed by atoms with E-state index in [0.29, 0.717) is 31.8 Å². The Hall–Kier alpha value is -2.18. The molecule has 1 aliphatic heterocycles. The van der Waals surface area contributed by atoms with Gasteiger partial charge in [0, 0.05) is 13.2 Å². The summed E-state index contributed by atoms with van der Waals surface area (Å²) in [5.74, 6) is -0.0646. The second-order valence-electron chi connectivity index (χ2n) is 5.93. The van der Waals surface area contributed by atoms with Gasteiger partial charge in [0.1, 0.15) is 17.6 Å². The molecule has 1 atom stereocenters. The first-order valence-corrected chi connectivity index (χ1v) is 7.95. The van der Waals surface area contributed by atoms with Gasteiger partial charge in [-0.1, -0.05) is 12.1 Å². The van der Waals surface area contributed by atoms with Crippen LogP contribution in [0.15, 0.2) is 47.1 Å². The molecule has 1 aromatic carbocycles. The first-order valence-electron chi connectivity index (χ1n) is 7.95. The number of hydrogen-bond acceptors (Lipinski definition) is 4. The van der Waals surface area contributed by atoms with E-state index in [9.17, 15) is 14.3 Å². The van der Waals surface area contributed by atoms with E-state index in [-0.39, 0.29) is 18.3 Å². The molecule has 1 saturated heterocycles. The fraction of sp³-hybridized carbons (Fsp3) is 0.389. The van der Waals surface area contributed by atoms with Gasteiger partial charge in [-0.3, -0.25) is 4.79 Å². The average molecular weight is 333 g/mol. The van der Waals surface area contributed by atoms with Crippen LogP contribution in [0.3, 0.4) is 0 Å². The molecule has 0 aliphatic carbocycles. The number of aliphatic hydroxyl groups excluding tert-OH is 1. The molecular formula is C18H20FNO4. The monoisotopic (exact) mass is 333 g/mol. The normalized spacial score (nSPS) is 18.1. The van der Waals surface area contributed by atoms with E-state index in [1.165, 1.54) is 18.4 Å². The third-order valence-corrected chi connectivity index (χ3v) is 4.55. The molecule has 128 valence electrons. The maximum atomic E-state index is 13.3. The highest BCUT2D eigenvalue weighted by atomic mass is 19.1. The minimum Gasteiger partial charge on any atom is -0.467 e. The van der Waals surface area contributed by atoms with Gasteiger partial charge in [0.15, 0.2) is 0 Å². The van der Waals surface area contributed by atoms with E-state index in [1.54, 1.807) is 24.3 Å². The molecule has 2 aromatic rings. The minimum atomic E-state index is -0.800. The zero-order valence-corrected chi connectivity index (χ0v) is 13.2. The SMILES string of the molecule is O=C(NC(CO)c1ccco1)C1(c2ccc(F)cc2)CCOCC1. The van der Waals surface area contributed by atoms with E-state index >= 15 is 0 Å². The molecule has 0 saturated carbocycles. The molecule has 24 heavy (non-hydrogen) atoms. The lowest BCUT2D eigenvalue weighted by molar-refractivity contribution is -0.131. The molecule has 5 nitrogen and oxygen atoms in total. The number of amides is 1. The van der Waals surface area contributed by atoms with Crippen molar-refractivity contribution in [3.63, 3.8) is 0 Å². The van der Waals surface area contributed by atoms with Crippen molar-refractivity contribution in [3.05, 3.63) is 59.8 Å². The van der Waals surface area contributed by atoms with Crippen molar-refractivity contribution in [2.24, 2.45) is 0 Å². The minimum absolute atomic E-state index is 0.215. The van der Waals surface area contributed by atoms with E-state index in [1.807, 2.05) is 0 Å². The summed E-state index contributed by atoms with van der Waals surface area (Å²) < 4.78 is 23.9. The number of hydrogen-bond donors (Lipinski definition) is 2. The van der Waals surface area contributed by atoms with Crippen LogP contribution in [0.2, 0.25) is 0 Å². The molecule has 3 rings (SSSR count). The summed E-state index contributed by atoms with van der Waals surface area (Å²) in [6.07, 6.45) is 2.50. The molecule has 0 bridgehead atoms. The van der Waals surface area contributed by atoms with Crippen molar-refractivity contribution in [3.8, 4) is 0 Å². The Labute approximate surface area is 139 Å². The molecule has 1 aromatic heterocycles. The first-order chi connectivity index (χ1) is 11.7. The number of ether oxygens (including phenoxy) is 1. The lowest BCUT2D eigenvalue weighted by atomic mass is 9.73. The zero-order chi connectivity index (χ0) is 17.0. The second kappa shape index (κ2) is 7.15. The summed E-state index contributed by atoms with van der Waals surface area (Å²) in [6.45, 7) is 0.639. The predicted octanol–water partition coefficient (Wildman–Crippen LogP) is 2.32. The third-order valence-electron chi connectivity index (χ3n) is 4.55. The second-order valence-corrected chi connectivity index (χ2v) is 5.93. The number of benzene rings is 1. The van der Waals surface area contributed by atoms with Crippen LogP contribution in [-0.4, -0.2) is 30.8 Å². The Morgan fingerprint density at radius 2 is 1.96 bits per heavy atom. The van der Waals surface area contributed by atoms with Gasteiger partial charge in [0.05, 0.1) is 18.3 Å². The maximum Gasteiger partial charge on any atom is 0.231 e. The molecular weight excluding hydrogens is 313 g/mol. The summed E-state index contributed by atoms with van der Waals surface area (Å²) in [5.41, 5.74) is -0.0489. The number of halogens is 1. The molecule has 6 heteroatoms. The van der Waals surface area contributed by atoms with Gasteiger partial charge in [-0.05, 0) is 42.7 Å². The fourth-order valence-corrected chi connectivity index (χ4v) is 3.13. The van der Waals surface area contributed by atoms with Crippen LogP contribution in [0.5, 0.6) is 0 Å². The van der Waals surface area contributed by atoms with Crippen molar-refractivity contribution in [1.82, 2.24) is 5.32 Å². The quantitative estimate of drug-likeness (QED) is 0.881. The van der Waals surface area contributed by atoms with Gasteiger partial charge in [0.25, 0.3) is 0 Å². The van der Waals surface area contributed by atoms with Crippen LogP contribution in [0, 0.1) is 5.82 Å². The van der Waals surface area contributed by atoms with E-state index in [4.69, 9.17) is 9.15 Å². The van der Waals surface area contributed by atoms with Crippen LogP contribution in [0.25, 0.3) is 0 Å². The number of nitrogens with one attached hydrogen (secondary N) is 1. The van der Waals surface area contributed by atoms with Gasteiger partial charge in [0.2, 0.25) is 5.91 Å². The van der Waals surface area contributed by atoms with E-state index in [0.717, 1.165) is 5.56 Å². The average Bonchev–Trinajstić information content (AvgIpc) is 3.15. The summed E-state index contributed by atoms with van der Waals surface area (Å²) in [5, 5.41) is 12.4. The number of carbonyl (C=O) groups is 1.